The molecule has 2 heteroatoms. The number of hydrogen-bond acceptors (Lipinski definition) is 2. The standard InChI is InChI=1S/C13H18N2/c1-5-9-13(15-11-7-3)12(8-4)14-10-6-2/h5-11H,4H2,1-3H3/b9-5-,10-6-,11-7-,14-12?,15-13+. The van der Waals surface area contributed by atoms with E-state index in [1.807, 2.05) is 45.1 Å². The highest BCUT2D eigenvalue weighted by molar-refractivity contribution is 6.50. The Morgan fingerprint density at radius 1 is 0.867 bits per heavy atom. The second-order valence-corrected chi connectivity index (χ2v) is 2.70. The van der Waals surface area contributed by atoms with Gasteiger partial charge in [-0.25, -0.2) is 0 Å². The summed E-state index contributed by atoms with van der Waals surface area (Å²) in [6.45, 7) is 9.51. The van der Waals surface area contributed by atoms with E-state index in [4.69, 9.17) is 0 Å². The molecule has 80 valence electrons. The summed E-state index contributed by atoms with van der Waals surface area (Å²) >= 11 is 0. The zero-order valence-corrected chi connectivity index (χ0v) is 9.64. The maximum absolute atomic E-state index is 4.27. The Morgan fingerprint density at radius 2 is 1.40 bits per heavy atom. The van der Waals surface area contributed by atoms with Crippen LogP contribution in [0.25, 0.3) is 0 Å². The smallest absolute Gasteiger partial charge is 0.0882 e. The molecule has 0 saturated carbocycles. The molecule has 0 fully saturated rings. The zero-order chi connectivity index (χ0) is 11.5. The highest BCUT2D eigenvalue weighted by Gasteiger charge is 1.98. The average molecular weight is 202 g/mol. The molecule has 2 nitrogen and oxygen atoms in total. The van der Waals surface area contributed by atoms with Crippen LogP contribution in [-0.4, -0.2) is 11.4 Å². The summed E-state index contributed by atoms with van der Waals surface area (Å²) in [4.78, 5) is 8.50. The van der Waals surface area contributed by atoms with Gasteiger partial charge >= 0.3 is 0 Å². The molecule has 0 aromatic heterocycles. The third-order valence-electron chi connectivity index (χ3n) is 1.51. The summed E-state index contributed by atoms with van der Waals surface area (Å²) in [5.41, 5.74) is 1.58. The molecular formula is C13H18N2. The second-order valence-electron chi connectivity index (χ2n) is 2.70. The first kappa shape index (κ1) is 13.3. The topological polar surface area (TPSA) is 24.7 Å². The van der Waals surface area contributed by atoms with E-state index in [1.54, 1.807) is 18.5 Å². The Balaban J connectivity index is 5.11. The minimum Gasteiger partial charge on any atom is -0.255 e. The van der Waals surface area contributed by atoms with Gasteiger partial charge in [0.25, 0.3) is 0 Å². The normalized spacial score (nSPS) is 14.6. The summed E-state index contributed by atoms with van der Waals surface area (Å²) in [5.74, 6) is 0. The van der Waals surface area contributed by atoms with Crippen LogP contribution in [0.1, 0.15) is 20.8 Å². The SMILES string of the molecule is C=CC(=N/C=C\C)C(/C=C\C)=N/C=C\C. The fourth-order valence-electron chi connectivity index (χ4n) is 0.885. The van der Waals surface area contributed by atoms with Gasteiger partial charge in [-0.3, -0.25) is 9.98 Å². The Kier molecular flexibility index (Phi) is 7.87. The Labute approximate surface area is 92.2 Å². The van der Waals surface area contributed by atoms with Crippen LogP contribution < -0.4 is 0 Å². The van der Waals surface area contributed by atoms with Crippen LogP contribution in [0.3, 0.4) is 0 Å². The van der Waals surface area contributed by atoms with Crippen molar-refractivity contribution in [2.75, 3.05) is 0 Å². The first-order valence-corrected chi connectivity index (χ1v) is 4.93. The van der Waals surface area contributed by atoms with Crippen LogP contribution in [-0.2, 0) is 0 Å². The average Bonchev–Trinajstić information content (AvgIpc) is 2.26. The Bertz CT molecular complexity index is 328. The lowest BCUT2D eigenvalue weighted by Crippen LogP contribution is -2.07. The maximum atomic E-state index is 4.27. The monoisotopic (exact) mass is 202 g/mol. The van der Waals surface area contributed by atoms with Crippen molar-refractivity contribution in [3.05, 3.63) is 49.4 Å². The van der Waals surface area contributed by atoms with Crippen molar-refractivity contribution in [1.29, 1.82) is 0 Å². The summed E-state index contributed by atoms with van der Waals surface area (Å²) in [6.07, 6.45) is 12.7. The minimum atomic E-state index is 0.768. The molecule has 0 aliphatic rings. The summed E-state index contributed by atoms with van der Waals surface area (Å²) in [5, 5.41) is 0. The van der Waals surface area contributed by atoms with Gasteiger partial charge in [0, 0.05) is 12.4 Å². The molecule has 0 radical (unpaired) electrons. The van der Waals surface area contributed by atoms with Crippen molar-refractivity contribution in [3.8, 4) is 0 Å². The van der Waals surface area contributed by atoms with Gasteiger partial charge in [0.05, 0.1) is 11.4 Å². The van der Waals surface area contributed by atoms with Gasteiger partial charge in [-0.1, -0.05) is 24.8 Å². The fourth-order valence-corrected chi connectivity index (χ4v) is 0.885. The fraction of sp³-hybridized carbons (Fsp3) is 0.231. The molecule has 0 N–H and O–H groups in total. The second kappa shape index (κ2) is 8.88. The third kappa shape index (κ3) is 5.57. The number of allylic oxidation sites excluding steroid dienone is 5. The van der Waals surface area contributed by atoms with E-state index in [2.05, 4.69) is 16.6 Å². The molecule has 0 aliphatic heterocycles. The van der Waals surface area contributed by atoms with Crippen molar-refractivity contribution in [2.45, 2.75) is 20.8 Å². The van der Waals surface area contributed by atoms with E-state index in [0.717, 1.165) is 11.4 Å². The highest BCUT2D eigenvalue weighted by Crippen LogP contribution is 1.93. The van der Waals surface area contributed by atoms with E-state index in [1.165, 1.54) is 0 Å². The molecular weight excluding hydrogens is 184 g/mol. The first-order valence-electron chi connectivity index (χ1n) is 4.93. The molecule has 15 heavy (non-hydrogen) atoms. The first-order chi connectivity index (χ1) is 7.29. The number of aliphatic imine (C=N–C) groups is 2. The summed E-state index contributed by atoms with van der Waals surface area (Å²) < 4.78 is 0. The summed E-state index contributed by atoms with van der Waals surface area (Å²) in [7, 11) is 0. The van der Waals surface area contributed by atoms with E-state index in [-0.39, 0.29) is 0 Å². The zero-order valence-electron chi connectivity index (χ0n) is 9.64. The molecule has 0 unspecified atom stereocenters. The largest absolute Gasteiger partial charge is 0.255 e. The van der Waals surface area contributed by atoms with Crippen molar-refractivity contribution in [3.63, 3.8) is 0 Å². The lowest BCUT2D eigenvalue weighted by atomic mass is 10.2. The predicted molar refractivity (Wildman–Crippen MR) is 69.5 cm³/mol. The van der Waals surface area contributed by atoms with Crippen molar-refractivity contribution in [2.24, 2.45) is 9.98 Å². The third-order valence-corrected chi connectivity index (χ3v) is 1.51. The molecule has 0 aromatic rings. The van der Waals surface area contributed by atoms with Crippen LogP contribution >= 0.6 is 0 Å². The predicted octanol–water partition coefficient (Wildman–Crippen LogP) is 3.70. The maximum Gasteiger partial charge on any atom is 0.0882 e. The van der Waals surface area contributed by atoms with Gasteiger partial charge in [-0.15, -0.1) is 0 Å². The van der Waals surface area contributed by atoms with Crippen LogP contribution in [0.15, 0.2) is 59.3 Å². The Hall–Kier alpha value is -1.70. The minimum absolute atomic E-state index is 0.768. The van der Waals surface area contributed by atoms with Crippen LogP contribution in [0.4, 0.5) is 0 Å². The lowest BCUT2D eigenvalue weighted by molar-refractivity contribution is 1.50. The lowest BCUT2D eigenvalue weighted by Gasteiger charge is -1.98. The molecule has 0 heterocycles. The van der Waals surface area contributed by atoms with Gasteiger partial charge < -0.3 is 0 Å². The van der Waals surface area contributed by atoms with Gasteiger partial charge in [-0.2, -0.15) is 0 Å². The van der Waals surface area contributed by atoms with E-state index in [9.17, 15) is 0 Å². The van der Waals surface area contributed by atoms with E-state index < -0.39 is 0 Å². The van der Waals surface area contributed by atoms with Crippen LogP contribution in [0.2, 0.25) is 0 Å². The Morgan fingerprint density at radius 3 is 1.80 bits per heavy atom. The van der Waals surface area contributed by atoms with Gasteiger partial charge in [0.2, 0.25) is 0 Å². The number of rotatable bonds is 5. The molecule has 0 aliphatic carbocycles. The van der Waals surface area contributed by atoms with Crippen LogP contribution in [0.5, 0.6) is 0 Å². The summed E-state index contributed by atoms with van der Waals surface area (Å²) in [6, 6.07) is 0. The van der Waals surface area contributed by atoms with Crippen molar-refractivity contribution >= 4 is 11.4 Å². The van der Waals surface area contributed by atoms with E-state index >= 15 is 0 Å². The molecule has 0 rings (SSSR count). The van der Waals surface area contributed by atoms with E-state index in [0.29, 0.717) is 0 Å². The van der Waals surface area contributed by atoms with Crippen LogP contribution in [0, 0.1) is 0 Å². The molecule has 0 bridgehead atoms. The van der Waals surface area contributed by atoms with Gasteiger partial charge in [-0.05, 0) is 32.9 Å². The van der Waals surface area contributed by atoms with Crippen molar-refractivity contribution in [1.82, 2.24) is 0 Å². The van der Waals surface area contributed by atoms with Gasteiger partial charge in [0.1, 0.15) is 0 Å². The number of hydrogen-bond donors (Lipinski definition) is 0. The van der Waals surface area contributed by atoms with Gasteiger partial charge in [0.15, 0.2) is 0 Å². The van der Waals surface area contributed by atoms with Crippen molar-refractivity contribution < 1.29 is 0 Å². The molecule has 0 spiro atoms. The molecule has 0 atom stereocenters. The molecule has 0 amide bonds. The quantitative estimate of drug-likeness (QED) is 0.607. The highest BCUT2D eigenvalue weighted by atomic mass is 14.8. The number of nitrogens with zero attached hydrogens (tertiary/aromatic N) is 2. The molecule has 0 aromatic carbocycles. The molecule has 0 saturated heterocycles.